The molecule has 1 unspecified atom stereocenters. The molecule has 3 rings (SSSR count). The molecule has 0 amide bonds. The second-order valence-corrected chi connectivity index (χ2v) is 8.90. The molecule has 1 aromatic heterocycles. The number of aliphatic imine (C=N–C) groups is 1. The molecule has 190 valence electrons. The standard InChI is InChI=1S/C26H35N3O6/c1-17-21(25(31)33-3)23(19-13-12-14-20-24(19)29-35-28-20)22(18(2)27-17)26(32)34-16-11-9-7-5-4-6-8-10-15-30/h12-14,21,23,30H,4-11,15-16H2,1-3H3/t21?,23-/m0/s1. The van der Waals surface area contributed by atoms with Crippen molar-refractivity contribution in [1.82, 2.24) is 10.3 Å². The van der Waals surface area contributed by atoms with Crippen molar-refractivity contribution in [3.63, 3.8) is 0 Å². The highest BCUT2D eigenvalue weighted by atomic mass is 16.6. The zero-order valence-corrected chi connectivity index (χ0v) is 20.8. The van der Waals surface area contributed by atoms with Gasteiger partial charge in [0, 0.05) is 23.9 Å². The van der Waals surface area contributed by atoms with Crippen molar-refractivity contribution >= 4 is 28.7 Å². The summed E-state index contributed by atoms with van der Waals surface area (Å²) in [5.41, 5.74) is 3.05. The van der Waals surface area contributed by atoms with Crippen molar-refractivity contribution in [3.05, 3.63) is 35.0 Å². The first-order valence-electron chi connectivity index (χ1n) is 12.3. The van der Waals surface area contributed by atoms with Crippen LogP contribution in [0.3, 0.4) is 0 Å². The van der Waals surface area contributed by atoms with Crippen LogP contribution in [0.15, 0.2) is 39.1 Å². The van der Waals surface area contributed by atoms with E-state index < -0.39 is 23.8 Å². The molecular weight excluding hydrogens is 450 g/mol. The number of carbonyl (C=O) groups excluding carboxylic acids is 2. The van der Waals surface area contributed by atoms with Gasteiger partial charge in [0.25, 0.3) is 0 Å². The largest absolute Gasteiger partial charge is 0.468 e. The number of hydrogen-bond donors (Lipinski definition) is 1. The summed E-state index contributed by atoms with van der Waals surface area (Å²) in [6, 6.07) is 5.36. The minimum atomic E-state index is -0.792. The third-order valence-electron chi connectivity index (χ3n) is 6.44. The van der Waals surface area contributed by atoms with E-state index >= 15 is 0 Å². The lowest BCUT2D eigenvalue weighted by molar-refractivity contribution is -0.144. The van der Waals surface area contributed by atoms with Gasteiger partial charge in [-0.1, -0.05) is 50.7 Å². The predicted molar refractivity (Wildman–Crippen MR) is 131 cm³/mol. The van der Waals surface area contributed by atoms with Gasteiger partial charge in [-0.3, -0.25) is 9.79 Å². The summed E-state index contributed by atoms with van der Waals surface area (Å²) >= 11 is 0. The Kier molecular flexibility index (Phi) is 9.96. The van der Waals surface area contributed by atoms with Gasteiger partial charge in [0.15, 0.2) is 0 Å². The van der Waals surface area contributed by atoms with E-state index in [0.29, 0.717) is 40.2 Å². The monoisotopic (exact) mass is 485 g/mol. The van der Waals surface area contributed by atoms with Crippen molar-refractivity contribution in [2.24, 2.45) is 10.9 Å². The Labute approximate surface area is 205 Å². The van der Waals surface area contributed by atoms with Gasteiger partial charge in [-0.2, -0.15) is 0 Å². The number of aliphatic hydroxyl groups excluding tert-OH is 1. The third-order valence-corrected chi connectivity index (χ3v) is 6.44. The fourth-order valence-corrected chi connectivity index (χ4v) is 4.67. The van der Waals surface area contributed by atoms with Crippen molar-refractivity contribution < 1.29 is 28.8 Å². The van der Waals surface area contributed by atoms with Crippen molar-refractivity contribution in [2.45, 2.75) is 71.1 Å². The minimum absolute atomic E-state index is 0.262. The number of fused-ring (bicyclic) bond motifs is 1. The molecule has 0 saturated heterocycles. The first-order valence-corrected chi connectivity index (χ1v) is 12.3. The summed E-state index contributed by atoms with van der Waals surface area (Å²) in [7, 11) is 1.32. The van der Waals surface area contributed by atoms with Crippen molar-refractivity contribution in [3.8, 4) is 0 Å². The van der Waals surface area contributed by atoms with Gasteiger partial charge < -0.3 is 14.6 Å². The smallest absolute Gasteiger partial charge is 0.336 e. The summed E-state index contributed by atoms with van der Waals surface area (Å²) in [6.07, 6.45) is 8.18. The SMILES string of the molecule is COC(=O)C1C(C)=NC(C)=C(C(=O)OCCCCCCCCCCO)[C@H]1c1cccc2nonc12. The van der Waals surface area contributed by atoms with E-state index in [9.17, 15) is 9.59 Å². The molecule has 35 heavy (non-hydrogen) atoms. The van der Waals surface area contributed by atoms with Crippen LogP contribution in [0.1, 0.15) is 76.7 Å². The van der Waals surface area contributed by atoms with E-state index in [1.807, 2.05) is 6.07 Å². The lowest BCUT2D eigenvalue weighted by Crippen LogP contribution is -2.36. The highest BCUT2D eigenvalue weighted by Gasteiger charge is 2.43. The molecule has 9 heteroatoms. The van der Waals surface area contributed by atoms with Crippen LogP contribution in [0.5, 0.6) is 0 Å². The van der Waals surface area contributed by atoms with Crippen molar-refractivity contribution in [1.29, 1.82) is 0 Å². The Bertz CT molecular complexity index is 1070. The Morgan fingerprint density at radius 3 is 2.37 bits per heavy atom. The number of rotatable bonds is 13. The van der Waals surface area contributed by atoms with Gasteiger partial charge in [-0.25, -0.2) is 9.42 Å². The zero-order valence-electron chi connectivity index (χ0n) is 20.8. The Morgan fingerprint density at radius 2 is 1.69 bits per heavy atom. The maximum absolute atomic E-state index is 13.3. The summed E-state index contributed by atoms with van der Waals surface area (Å²) in [6.45, 7) is 4.07. The predicted octanol–water partition coefficient (Wildman–Crippen LogP) is 4.50. The number of hydrogen-bond acceptors (Lipinski definition) is 9. The number of carbonyl (C=O) groups is 2. The number of methoxy groups -OCH3 is 1. The van der Waals surface area contributed by atoms with Crippen LogP contribution in [0.25, 0.3) is 11.0 Å². The van der Waals surface area contributed by atoms with Crippen LogP contribution >= 0.6 is 0 Å². The van der Waals surface area contributed by atoms with Crippen LogP contribution in [0.4, 0.5) is 0 Å². The van der Waals surface area contributed by atoms with Gasteiger partial charge in [0.05, 0.1) is 19.3 Å². The van der Waals surface area contributed by atoms with Crippen LogP contribution in [-0.4, -0.2) is 53.4 Å². The van der Waals surface area contributed by atoms with Crippen LogP contribution in [0.2, 0.25) is 0 Å². The topological polar surface area (TPSA) is 124 Å². The maximum Gasteiger partial charge on any atom is 0.336 e. The Balaban J connectivity index is 1.71. The zero-order chi connectivity index (χ0) is 25.2. The van der Waals surface area contributed by atoms with Gasteiger partial charge >= 0.3 is 11.9 Å². The number of benzene rings is 1. The number of nitrogens with zero attached hydrogens (tertiary/aromatic N) is 3. The molecule has 0 saturated carbocycles. The average molecular weight is 486 g/mol. The molecule has 2 aromatic rings. The van der Waals surface area contributed by atoms with E-state index in [0.717, 1.165) is 51.4 Å². The molecule has 2 atom stereocenters. The van der Waals surface area contributed by atoms with Gasteiger partial charge in [0.2, 0.25) is 0 Å². The number of aliphatic hydroxyl groups is 1. The second-order valence-electron chi connectivity index (χ2n) is 8.90. The molecule has 1 aliphatic heterocycles. The lowest BCUT2D eigenvalue weighted by Gasteiger charge is -2.31. The highest BCUT2D eigenvalue weighted by molar-refractivity contribution is 6.07. The Morgan fingerprint density at radius 1 is 1.00 bits per heavy atom. The normalized spacial score (nSPS) is 18.0. The molecule has 9 nitrogen and oxygen atoms in total. The van der Waals surface area contributed by atoms with Crippen LogP contribution < -0.4 is 0 Å². The molecule has 2 heterocycles. The Hall–Kier alpha value is -3.07. The molecule has 0 radical (unpaired) electrons. The highest BCUT2D eigenvalue weighted by Crippen LogP contribution is 2.42. The van der Waals surface area contributed by atoms with Gasteiger partial charge in [0.1, 0.15) is 17.0 Å². The number of esters is 2. The van der Waals surface area contributed by atoms with E-state index in [2.05, 4.69) is 15.3 Å². The molecular formula is C26H35N3O6. The van der Waals surface area contributed by atoms with Gasteiger partial charge in [-0.05, 0) is 48.6 Å². The second kappa shape index (κ2) is 13.1. The van der Waals surface area contributed by atoms with E-state index in [1.54, 1.807) is 26.0 Å². The molecule has 1 aromatic carbocycles. The first kappa shape index (κ1) is 26.5. The third kappa shape index (κ3) is 6.54. The van der Waals surface area contributed by atoms with E-state index in [-0.39, 0.29) is 6.61 Å². The molecule has 1 N–H and O–H groups in total. The molecule has 0 spiro atoms. The summed E-state index contributed by atoms with van der Waals surface area (Å²) in [4.78, 5) is 30.6. The summed E-state index contributed by atoms with van der Waals surface area (Å²) < 4.78 is 15.6. The fourth-order valence-electron chi connectivity index (χ4n) is 4.67. The minimum Gasteiger partial charge on any atom is -0.468 e. The molecule has 1 aliphatic rings. The molecule has 0 bridgehead atoms. The van der Waals surface area contributed by atoms with Crippen LogP contribution in [0, 0.1) is 5.92 Å². The summed E-state index contributed by atoms with van der Waals surface area (Å²) in [5, 5.41) is 16.7. The number of allylic oxidation sites excluding steroid dienone is 1. The average Bonchev–Trinajstić information content (AvgIpc) is 3.33. The quantitative estimate of drug-likeness (QED) is 0.325. The fraction of sp³-hybridized carbons (Fsp3) is 0.577. The van der Waals surface area contributed by atoms with Crippen LogP contribution in [-0.2, 0) is 19.1 Å². The molecule has 0 aliphatic carbocycles. The number of ether oxygens (including phenoxy) is 2. The van der Waals surface area contributed by atoms with Gasteiger partial charge in [-0.15, -0.1) is 0 Å². The van der Waals surface area contributed by atoms with E-state index in [1.165, 1.54) is 7.11 Å². The number of aromatic nitrogens is 2. The van der Waals surface area contributed by atoms with Crippen molar-refractivity contribution in [2.75, 3.05) is 20.3 Å². The number of unbranched alkanes of at least 4 members (excludes halogenated alkanes) is 7. The molecule has 0 fully saturated rings. The summed E-state index contributed by atoms with van der Waals surface area (Å²) in [5.74, 6) is -2.45. The lowest BCUT2D eigenvalue weighted by atomic mass is 9.75. The maximum atomic E-state index is 13.3. The van der Waals surface area contributed by atoms with E-state index in [4.69, 9.17) is 19.2 Å². The first-order chi connectivity index (χ1) is 17.0.